The molecule has 2 aliphatic rings. The van der Waals surface area contributed by atoms with Crippen molar-refractivity contribution in [2.45, 2.75) is 26.3 Å². The summed E-state index contributed by atoms with van der Waals surface area (Å²) in [6.07, 6.45) is 3.33. The standard InChI is InChI=1S/C21H26N6OS/c1-16-24-19(15-29-16)14-25-8-10-27(11-9-25)21(28)18-4-6-26(7-5-18)20-3-2-17(12-22)13-23-20/h2-3,13,15,18H,4-11,14H2,1H3. The molecular formula is C21H26N6OS. The van der Waals surface area contributed by atoms with Gasteiger partial charge in [-0.1, -0.05) is 0 Å². The van der Waals surface area contributed by atoms with Crippen LogP contribution in [0.2, 0.25) is 0 Å². The summed E-state index contributed by atoms with van der Waals surface area (Å²) < 4.78 is 0. The predicted molar refractivity (Wildman–Crippen MR) is 113 cm³/mol. The van der Waals surface area contributed by atoms with Gasteiger partial charge >= 0.3 is 0 Å². The number of pyridine rings is 1. The highest BCUT2D eigenvalue weighted by atomic mass is 32.1. The van der Waals surface area contributed by atoms with E-state index in [1.165, 1.54) is 0 Å². The molecule has 0 aliphatic carbocycles. The van der Waals surface area contributed by atoms with Gasteiger partial charge in [0.15, 0.2) is 0 Å². The van der Waals surface area contributed by atoms with E-state index in [4.69, 9.17) is 5.26 Å². The Balaban J connectivity index is 1.24. The van der Waals surface area contributed by atoms with Crippen molar-refractivity contribution >= 4 is 23.1 Å². The molecule has 8 heteroatoms. The molecular weight excluding hydrogens is 384 g/mol. The summed E-state index contributed by atoms with van der Waals surface area (Å²) in [5.74, 6) is 1.31. The van der Waals surface area contributed by atoms with Crippen LogP contribution >= 0.6 is 11.3 Å². The monoisotopic (exact) mass is 410 g/mol. The first-order chi connectivity index (χ1) is 14.1. The fourth-order valence-electron chi connectivity index (χ4n) is 4.09. The number of hydrogen-bond donors (Lipinski definition) is 0. The van der Waals surface area contributed by atoms with Gasteiger partial charge in [-0.15, -0.1) is 11.3 Å². The van der Waals surface area contributed by atoms with Gasteiger partial charge in [0.25, 0.3) is 0 Å². The van der Waals surface area contributed by atoms with Crippen LogP contribution < -0.4 is 4.90 Å². The molecule has 0 unspecified atom stereocenters. The molecule has 0 aromatic carbocycles. The van der Waals surface area contributed by atoms with Crippen LogP contribution in [-0.2, 0) is 11.3 Å². The molecule has 2 aromatic rings. The third kappa shape index (κ3) is 4.74. The molecule has 2 fully saturated rings. The Morgan fingerprint density at radius 2 is 1.97 bits per heavy atom. The average molecular weight is 411 g/mol. The third-order valence-electron chi connectivity index (χ3n) is 5.78. The molecule has 7 nitrogen and oxygen atoms in total. The zero-order chi connectivity index (χ0) is 20.2. The number of nitriles is 1. The Morgan fingerprint density at radius 1 is 1.21 bits per heavy atom. The summed E-state index contributed by atoms with van der Waals surface area (Å²) in [6.45, 7) is 8.01. The van der Waals surface area contributed by atoms with Crippen molar-refractivity contribution < 1.29 is 4.79 Å². The van der Waals surface area contributed by atoms with Crippen LogP contribution in [0.4, 0.5) is 5.82 Å². The summed E-state index contributed by atoms with van der Waals surface area (Å²) in [6, 6.07) is 5.79. The molecule has 0 saturated carbocycles. The maximum atomic E-state index is 13.0. The zero-order valence-electron chi connectivity index (χ0n) is 16.8. The average Bonchev–Trinajstić information content (AvgIpc) is 3.18. The molecule has 152 valence electrons. The van der Waals surface area contributed by atoms with E-state index in [-0.39, 0.29) is 5.92 Å². The van der Waals surface area contributed by atoms with Crippen molar-refractivity contribution in [3.05, 3.63) is 40.0 Å². The number of carbonyl (C=O) groups is 1. The number of amides is 1. The minimum absolute atomic E-state index is 0.109. The summed E-state index contributed by atoms with van der Waals surface area (Å²) >= 11 is 1.69. The van der Waals surface area contributed by atoms with Gasteiger partial charge in [0.2, 0.25) is 5.91 Å². The third-order valence-corrected chi connectivity index (χ3v) is 6.60. The number of nitrogens with zero attached hydrogens (tertiary/aromatic N) is 6. The predicted octanol–water partition coefficient (Wildman–Crippen LogP) is 2.28. The minimum atomic E-state index is 0.109. The van der Waals surface area contributed by atoms with Gasteiger partial charge in [0, 0.05) is 63.3 Å². The number of hydrogen-bond acceptors (Lipinski definition) is 7. The highest BCUT2D eigenvalue weighted by Crippen LogP contribution is 2.24. The first kappa shape index (κ1) is 19.8. The van der Waals surface area contributed by atoms with Gasteiger partial charge in [0.05, 0.1) is 16.3 Å². The maximum absolute atomic E-state index is 13.0. The molecule has 0 bridgehead atoms. The highest BCUT2D eigenvalue weighted by Gasteiger charge is 2.30. The molecule has 1 amide bonds. The Labute approximate surface area is 175 Å². The largest absolute Gasteiger partial charge is 0.357 e. The fraction of sp³-hybridized carbons (Fsp3) is 0.524. The van der Waals surface area contributed by atoms with Crippen LogP contribution in [0, 0.1) is 24.2 Å². The van der Waals surface area contributed by atoms with E-state index in [0.29, 0.717) is 11.5 Å². The lowest BCUT2D eigenvalue weighted by Crippen LogP contribution is -2.51. The summed E-state index contributed by atoms with van der Waals surface area (Å²) in [4.78, 5) is 28.5. The van der Waals surface area contributed by atoms with E-state index < -0.39 is 0 Å². The Bertz CT molecular complexity index is 873. The molecule has 0 atom stereocenters. The normalized spacial score (nSPS) is 18.6. The Morgan fingerprint density at radius 3 is 2.55 bits per heavy atom. The van der Waals surface area contributed by atoms with Gasteiger partial charge in [-0.25, -0.2) is 9.97 Å². The van der Waals surface area contributed by atoms with Gasteiger partial charge < -0.3 is 9.80 Å². The first-order valence-electron chi connectivity index (χ1n) is 10.2. The number of aromatic nitrogens is 2. The van der Waals surface area contributed by atoms with Crippen molar-refractivity contribution in [1.82, 2.24) is 19.8 Å². The zero-order valence-corrected chi connectivity index (χ0v) is 17.6. The number of aryl methyl sites for hydroxylation is 1. The molecule has 4 rings (SSSR count). The number of anilines is 1. The van der Waals surface area contributed by atoms with Gasteiger partial charge in [-0.3, -0.25) is 9.69 Å². The van der Waals surface area contributed by atoms with Crippen LogP contribution in [0.15, 0.2) is 23.7 Å². The van der Waals surface area contributed by atoms with E-state index in [9.17, 15) is 4.79 Å². The lowest BCUT2D eigenvalue weighted by Gasteiger charge is -2.38. The van der Waals surface area contributed by atoms with E-state index >= 15 is 0 Å². The quantitative estimate of drug-likeness (QED) is 0.770. The molecule has 4 heterocycles. The van der Waals surface area contributed by atoms with Gasteiger partial charge in [-0.05, 0) is 31.9 Å². The minimum Gasteiger partial charge on any atom is -0.357 e. The summed E-state index contributed by atoms with van der Waals surface area (Å²) in [5.41, 5.74) is 1.71. The number of piperidine rings is 1. The van der Waals surface area contributed by atoms with E-state index in [1.54, 1.807) is 23.6 Å². The molecule has 2 aliphatic heterocycles. The van der Waals surface area contributed by atoms with Gasteiger partial charge in [-0.2, -0.15) is 5.26 Å². The second-order valence-corrected chi connectivity index (χ2v) is 8.80. The van der Waals surface area contributed by atoms with Crippen molar-refractivity contribution in [2.75, 3.05) is 44.2 Å². The Kier molecular flexibility index (Phi) is 6.07. The van der Waals surface area contributed by atoms with Crippen LogP contribution in [0.3, 0.4) is 0 Å². The van der Waals surface area contributed by atoms with Crippen LogP contribution in [0.1, 0.15) is 29.1 Å². The number of thiazole rings is 1. The van der Waals surface area contributed by atoms with Crippen LogP contribution in [0.25, 0.3) is 0 Å². The number of rotatable bonds is 4. The Hall–Kier alpha value is -2.50. The highest BCUT2D eigenvalue weighted by molar-refractivity contribution is 7.09. The summed E-state index contributed by atoms with van der Waals surface area (Å²) in [7, 11) is 0. The lowest BCUT2D eigenvalue weighted by molar-refractivity contribution is -0.138. The maximum Gasteiger partial charge on any atom is 0.225 e. The molecule has 2 saturated heterocycles. The fourth-order valence-corrected chi connectivity index (χ4v) is 4.69. The second-order valence-electron chi connectivity index (χ2n) is 7.74. The molecule has 2 aromatic heterocycles. The number of piperazine rings is 1. The van der Waals surface area contributed by atoms with Crippen molar-refractivity contribution in [3.8, 4) is 6.07 Å². The summed E-state index contributed by atoms with van der Waals surface area (Å²) in [5, 5.41) is 12.1. The van der Waals surface area contributed by atoms with E-state index in [1.807, 2.05) is 17.9 Å². The van der Waals surface area contributed by atoms with E-state index in [2.05, 4.69) is 31.2 Å². The molecule has 0 N–H and O–H groups in total. The van der Waals surface area contributed by atoms with Crippen molar-refractivity contribution in [2.24, 2.45) is 5.92 Å². The van der Waals surface area contributed by atoms with Crippen molar-refractivity contribution in [1.29, 1.82) is 5.26 Å². The molecule has 0 spiro atoms. The van der Waals surface area contributed by atoms with Gasteiger partial charge in [0.1, 0.15) is 11.9 Å². The lowest BCUT2D eigenvalue weighted by atomic mass is 9.95. The van der Waals surface area contributed by atoms with E-state index in [0.717, 1.165) is 75.2 Å². The second kappa shape index (κ2) is 8.89. The number of carbonyl (C=O) groups excluding carboxylic acids is 1. The first-order valence-corrected chi connectivity index (χ1v) is 11.0. The molecule has 0 radical (unpaired) electrons. The van der Waals surface area contributed by atoms with Crippen LogP contribution in [0.5, 0.6) is 0 Å². The molecule has 29 heavy (non-hydrogen) atoms. The SMILES string of the molecule is Cc1nc(CN2CCN(C(=O)C3CCN(c4ccc(C#N)cn4)CC3)CC2)cs1. The topological polar surface area (TPSA) is 76.4 Å². The van der Waals surface area contributed by atoms with Crippen LogP contribution in [-0.4, -0.2) is 64.9 Å². The smallest absolute Gasteiger partial charge is 0.225 e. The van der Waals surface area contributed by atoms with Crippen molar-refractivity contribution in [3.63, 3.8) is 0 Å².